The minimum absolute atomic E-state index is 0.151. The van der Waals surface area contributed by atoms with E-state index in [0.717, 1.165) is 28.1 Å². The van der Waals surface area contributed by atoms with Gasteiger partial charge in [0.1, 0.15) is 0 Å². The Kier molecular flexibility index (Phi) is 3.32. The Balaban J connectivity index is 2.27. The molecule has 0 radical (unpaired) electrons. The van der Waals surface area contributed by atoms with Crippen LogP contribution in [0.3, 0.4) is 0 Å². The molecule has 2 aromatic rings. The summed E-state index contributed by atoms with van der Waals surface area (Å²) in [5.41, 5.74) is 4.94. The van der Waals surface area contributed by atoms with Gasteiger partial charge in [-0.05, 0) is 26.8 Å². The van der Waals surface area contributed by atoms with Gasteiger partial charge in [-0.15, -0.1) is 0 Å². The third-order valence-corrected chi connectivity index (χ3v) is 3.34. The maximum Gasteiger partial charge on any atom is 0.167 e. The molecule has 3 heteroatoms. The molecule has 0 N–H and O–H groups in total. The number of Topliss-reactive ketones (excluding diaryl/α,β-unsaturated/α-hetero) is 1. The van der Waals surface area contributed by atoms with Crippen molar-refractivity contribution in [1.29, 1.82) is 0 Å². The van der Waals surface area contributed by atoms with Crippen molar-refractivity contribution < 1.29 is 4.79 Å². The van der Waals surface area contributed by atoms with Crippen LogP contribution in [0.1, 0.15) is 32.9 Å². The normalized spacial score (nSPS) is 10.7. The van der Waals surface area contributed by atoms with Gasteiger partial charge in [-0.1, -0.05) is 23.8 Å². The number of hydrogen-bond donors (Lipinski definition) is 0. The average molecular weight is 242 g/mol. The van der Waals surface area contributed by atoms with Crippen LogP contribution < -0.4 is 0 Å². The van der Waals surface area contributed by atoms with Crippen molar-refractivity contribution in [1.82, 2.24) is 9.78 Å². The Morgan fingerprint density at radius 3 is 2.56 bits per heavy atom. The molecule has 1 aromatic carbocycles. The third-order valence-electron chi connectivity index (χ3n) is 3.34. The zero-order valence-electron chi connectivity index (χ0n) is 11.3. The molecule has 0 saturated carbocycles. The number of hydrogen-bond acceptors (Lipinski definition) is 2. The van der Waals surface area contributed by atoms with E-state index in [2.05, 4.69) is 5.10 Å². The van der Waals surface area contributed by atoms with Gasteiger partial charge in [0, 0.05) is 30.3 Å². The minimum atomic E-state index is 0.151. The SMILES string of the molecule is Cc1cccc(C(=O)Cc2c(C)nn(C)c2C)c1. The van der Waals surface area contributed by atoms with Crippen LogP contribution in [-0.2, 0) is 13.5 Å². The highest BCUT2D eigenvalue weighted by molar-refractivity contribution is 5.97. The van der Waals surface area contributed by atoms with E-state index in [1.54, 1.807) is 0 Å². The quantitative estimate of drug-likeness (QED) is 0.776. The second kappa shape index (κ2) is 4.77. The number of aryl methyl sites for hydroxylation is 3. The number of nitrogens with zero attached hydrogens (tertiary/aromatic N) is 2. The summed E-state index contributed by atoms with van der Waals surface area (Å²) >= 11 is 0. The van der Waals surface area contributed by atoms with Crippen LogP contribution in [0.15, 0.2) is 24.3 Å². The van der Waals surface area contributed by atoms with E-state index < -0.39 is 0 Å². The lowest BCUT2D eigenvalue weighted by Crippen LogP contribution is -2.05. The van der Waals surface area contributed by atoms with Crippen molar-refractivity contribution in [3.05, 3.63) is 52.3 Å². The lowest BCUT2D eigenvalue weighted by Gasteiger charge is -2.03. The first kappa shape index (κ1) is 12.6. The average Bonchev–Trinajstić information content (AvgIpc) is 2.56. The number of benzene rings is 1. The van der Waals surface area contributed by atoms with Crippen molar-refractivity contribution in [2.75, 3.05) is 0 Å². The summed E-state index contributed by atoms with van der Waals surface area (Å²) in [5.74, 6) is 0.151. The fourth-order valence-electron chi connectivity index (χ4n) is 2.15. The molecule has 18 heavy (non-hydrogen) atoms. The third kappa shape index (κ3) is 2.35. The van der Waals surface area contributed by atoms with Crippen molar-refractivity contribution in [3.63, 3.8) is 0 Å². The topological polar surface area (TPSA) is 34.9 Å². The second-order valence-corrected chi connectivity index (χ2v) is 4.74. The molecule has 0 atom stereocenters. The first-order valence-corrected chi connectivity index (χ1v) is 6.08. The van der Waals surface area contributed by atoms with Gasteiger partial charge in [-0.2, -0.15) is 5.10 Å². The fraction of sp³-hybridized carbons (Fsp3) is 0.333. The summed E-state index contributed by atoms with van der Waals surface area (Å²) in [6.07, 6.45) is 0.426. The highest BCUT2D eigenvalue weighted by Crippen LogP contribution is 2.15. The zero-order valence-corrected chi connectivity index (χ0v) is 11.3. The lowest BCUT2D eigenvalue weighted by atomic mass is 10.0. The maximum absolute atomic E-state index is 12.2. The Hall–Kier alpha value is -1.90. The highest BCUT2D eigenvalue weighted by atomic mass is 16.1. The first-order valence-electron chi connectivity index (χ1n) is 6.08. The van der Waals surface area contributed by atoms with Crippen LogP contribution in [-0.4, -0.2) is 15.6 Å². The molecule has 0 bridgehead atoms. The van der Waals surface area contributed by atoms with Gasteiger partial charge in [0.15, 0.2) is 5.78 Å². The summed E-state index contributed by atoms with van der Waals surface area (Å²) in [4.78, 5) is 12.2. The fourth-order valence-corrected chi connectivity index (χ4v) is 2.15. The number of ketones is 1. The molecule has 0 aliphatic rings. The minimum Gasteiger partial charge on any atom is -0.294 e. The molecule has 0 aliphatic carbocycles. The molecule has 1 aromatic heterocycles. The van der Waals surface area contributed by atoms with E-state index in [1.807, 2.05) is 56.8 Å². The van der Waals surface area contributed by atoms with Crippen molar-refractivity contribution in [3.8, 4) is 0 Å². The van der Waals surface area contributed by atoms with Gasteiger partial charge in [-0.25, -0.2) is 0 Å². The van der Waals surface area contributed by atoms with E-state index >= 15 is 0 Å². The van der Waals surface area contributed by atoms with Crippen LogP contribution >= 0.6 is 0 Å². The number of rotatable bonds is 3. The molecule has 3 nitrogen and oxygen atoms in total. The molecule has 94 valence electrons. The van der Waals surface area contributed by atoms with Crippen LogP contribution in [0.25, 0.3) is 0 Å². The van der Waals surface area contributed by atoms with E-state index in [1.165, 1.54) is 0 Å². The number of carbonyl (C=O) groups is 1. The van der Waals surface area contributed by atoms with Crippen LogP contribution in [0, 0.1) is 20.8 Å². The van der Waals surface area contributed by atoms with Gasteiger partial charge in [0.2, 0.25) is 0 Å². The van der Waals surface area contributed by atoms with Gasteiger partial charge in [0.25, 0.3) is 0 Å². The Bertz CT molecular complexity index is 597. The molecular weight excluding hydrogens is 224 g/mol. The molecule has 0 saturated heterocycles. The van der Waals surface area contributed by atoms with E-state index in [0.29, 0.717) is 6.42 Å². The summed E-state index contributed by atoms with van der Waals surface area (Å²) in [6.45, 7) is 5.95. The van der Waals surface area contributed by atoms with Crippen molar-refractivity contribution >= 4 is 5.78 Å². The van der Waals surface area contributed by atoms with Crippen molar-refractivity contribution in [2.45, 2.75) is 27.2 Å². The molecule has 2 rings (SSSR count). The predicted octanol–water partition coefficient (Wildman–Crippen LogP) is 2.77. The highest BCUT2D eigenvalue weighted by Gasteiger charge is 2.14. The van der Waals surface area contributed by atoms with E-state index in [-0.39, 0.29) is 5.78 Å². The van der Waals surface area contributed by atoms with Gasteiger partial charge >= 0.3 is 0 Å². The Morgan fingerprint density at radius 1 is 1.28 bits per heavy atom. The second-order valence-electron chi connectivity index (χ2n) is 4.74. The Labute approximate surface area is 107 Å². The predicted molar refractivity (Wildman–Crippen MR) is 71.9 cm³/mol. The van der Waals surface area contributed by atoms with Crippen molar-refractivity contribution in [2.24, 2.45) is 7.05 Å². The monoisotopic (exact) mass is 242 g/mol. The van der Waals surface area contributed by atoms with E-state index in [4.69, 9.17) is 0 Å². The summed E-state index contributed by atoms with van der Waals surface area (Å²) in [5, 5.41) is 4.34. The molecule has 0 amide bonds. The largest absolute Gasteiger partial charge is 0.294 e. The molecule has 0 fully saturated rings. The number of carbonyl (C=O) groups excluding carboxylic acids is 1. The number of aromatic nitrogens is 2. The summed E-state index contributed by atoms with van der Waals surface area (Å²) < 4.78 is 1.83. The molecule has 0 spiro atoms. The molecule has 1 heterocycles. The summed E-state index contributed by atoms with van der Waals surface area (Å²) in [7, 11) is 1.91. The van der Waals surface area contributed by atoms with Gasteiger partial charge in [-0.3, -0.25) is 9.48 Å². The van der Waals surface area contributed by atoms with E-state index in [9.17, 15) is 4.79 Å². The van der Waals surface area contributed by atoms with Gasteiger partial charge < -0.3 is 0 Å². The Morgan fingerprint density at radius 2 is 2.00 bits per heavy atom. The van der Waals surface area contributed by atoms with Crippen LogP contribution in [0.4, 0.5) is 0 Å². The maximum atomic E-state index is 12.2. The summed E-state index contributed by atoms with van der Waals surface area (Å²) in [6, 6.07) is 7.72. The molecule has 0 aliphatic heterocycles. The lowest BCUT2D eigenvalue weighted by molar-refractivity contribution is 0.0992. The zero-order chi connectivity index (χ0) is 13.3. The molecule has 0 unspecified atom stereocenters. The first-order chi connectivity index (χ1) is 8.49. The smallest absolute Gasteiger partial charge is 0.167 e. The van der Waals surface area contributed by atoms with Crippen LogP contribution in [0.5, 0.6) is 0 Å². The standard InChI is InChI=1S/C15H18N2O/c1-10-6-5-7-13(8-10)15(18)9-14-11(2)16-17(4)12(14)3/h5-8H,9H2,1-4H3. The molecular formula is C15H18N2O. The van der Waals surface area contributed by atoms with Gasteiger partial charge in [0.05, 0.1) is 5.69 Å². The van der Waals surface area contributed by atoms with Crippen LogP contribution in [0.2, 0.25) is 0 Å².